The van der Waals surface area contributed by atoms with Crippen LogP contribution in [0.1, 0.15) is 18.4 Å². The summed E-state index contributed by atoms with van der Waals surface area (Å²) in [6.07, 6.45) is 0.541. The summed E-state index contributed by atoms with van der Waals surface area (Å²) >= 11 is 0. The predicted molar refractivity (Wildman–Crippen MR) is 71.9 cm³/mol. The highest BCUT2D eigenvalue weighted by Gasteiger charge is 2.21. The summed E-state index contributed by atoms with van der Waals surface area (Å²) in [7, 11) is 0. The Morgan fingerprint density at radius 2 is 2.25 bits per heavy atom. The topological polar surface area (TPSA) is 82.4 Å². The first kappa shape index (κ1) is 13.9. The first-order valence-electron chi connectivity index (χ1n) is 6.41. The number of hydrogen-bond acceptors (Lipinski definition) is 4. The average molecular weight is 273 g/mol. The number of para-hydroxylation sites is 1. The van der Waals surface area contributed by atoms with E-state index in [1.54, 1.807) is 29.2 Å². The van der Waals surface area contributed by atoms with Crippen LogP contribution in [0.2, 0.25) is 0 Å². The second-order valence-corrected chi connectivity index (χ2v) is 4.41. The second kappa shape index (κ2) is 6.57. The van der Waals surface area contributed by atoms with Crippen molar-refractivity contribution in [1.82, 2.24) is 4.90 Å². The summed E-state index contributed by atoms with van der Waals surface area (Å²) in [6.45, 7) is 1.50. The molecule has 0 unspecified atom stereocenters. The standard InChI is InChI=1S/C14H15N3O3/c15-10-11-4-1-2-5-12(11)16-13(18)6-3-7-17-8-9-20-14(17)19/h1-2,4-5H,3,6-9H2,(H,16,18). The molecule has 0 aliphatic carbocycles. The SMILES string of the molecule is N#Cc1ccccc1NC(=O)CCCN1CCOC1=O. The van der Waals surface area contributed by atoms with Crippen LogP contribution in [-0.2, 0) is 9.53 Å². The van der Waals surface area contributed by atoms with Gasteiger partial charge in [-0.2, -0.15) is 5.26 Å². The molecule has 2 amide bonds. The Bertz CT molecular complexity index is 551. The van der Waals surface area contributed by atoms with Crippen LogP contribution in [-0.4, -0.2) is 36.6 Å². The minimum atomic E-state index is -0.319. The molecule has 1 aromatic rings. The molecule has 6 nitrogen and oxygen atoms in total. The van der Waals surface area contributed by atoms with Gasteiger partial charge in [-0.15, -0.1) is 0 Å². The van der Waals surface area contributed by atoms with Gasteiger partial charge < -0.3 is 15.0 Å². The molecule has 1 fully saturated rings. The molecule has 0 saturated carbocycles. The Morgan fingerprint density at radius 1 is 1.45 bits per heavy atom. The molecule has 6 heteroatoms. The first-order valence-corrected chi connectivity index (χ1v) is 6.41. The van der Waals surface area contributed by atoms with Gasteiger partial charge in [0.1, 0.15) is 12.7 Å². The summed E-state index contributed by atoms with van der Waals surface area (Å²) < 4.78 is 4.80. The third-order valence-electron chi connectivity index (χ3n) is 3.00. The second-order valence-electron chi connectivity index (χ2n) is 4.41. The van der Waals surface area contributed by atoms with Crippen molar-refractivity contribution in [3.63, 3.8) is 0 Å². The van der Waals surface area contributed by atoms with Gasteiger partial charge in [0, 0.05) is 13.0 Å². The lowest BCUT2D eigenvalue weighted by Gasteiger charge is -2.12. The predicted octanol–water partition coefficient (Wildman–Crippen LogP) is 1.73. The monoisotopic (exact) mass is 273 g/mol. The minimum Gasteiger partial charge on any atom is -0.448 e. The molecule has 2 rings (SSSR count). The van der Waals surface area contributed by atoms with E-state index in [1.165, 1.54) is 0 Å². The van der Waals surface area contributed by atoms with Crippen LogP contribution in [0.15, 0.2) is 24.3 Å². The van der Waals surface area contributed by atoms with E-state index in [9.17, 15) is 9.59 Å². The fourth-order valence-corrected chi connectivity index (χ4v) is 1.96. The number of hydrogen-bond donors (Lipinski definition) is 1. The molecule has 0 bridgehead atoms. The Balaban J connectivity index is 1.78. The maximum atomic E-state index is 11.8. The molecule has 1 aromatic carbocycles. The number of nitrogens with one attached hydrogen (secondary N) is 1. The molecule has 20 heavy (non-hydrogen) atoms. The normalized spacial score (nSPS) is 13.8. The molecule has 1 aliphatic heterocycles. The smallest absolute Gasteiger partial charge is 0.409 e. The molecular weight excluding hydrogens is 258 g/mol. The summed E-state index contributed by atoms with van der Waals surface area (Å²) in [5, 5.41) is 11.6. The quantitative estimate of drug-likeness (QED) is 0.885. The van der Waals surface area contributed by atoms with Crippen LogP contribution in [0, 0.1) is 11.3 Å². The highest BCUT2D eigenvalue weighted by molar-refractivity contribution is 5.92. The lowest BCUT2D eigenvalue weighted by molar-refractivity contribution is -0.116. The molecular formula is C14H15N3O3. The van der Waals surface area contributed by atoms with E-state index < -0.39 is 0 Å². The minimum absolute atomic E-state index is 0.166. The molecule has 0 atom stereocenters. The van der Waals surface area contributed by atoms with Gasteiger partial charge in [-0.3, -0.25) is 4.79 Å². The first-order chi connectivity index (χ1) is 9.70. The van der Waals surface area contributed by atoms with E-state index in [2.05, 4.69) is 5.32 Å². The number of ether oxygens (including phenoxy) is 1. The number of carbonyl (C=O) groups excluding carboxylic acids is 2. The van der Waals surface area contributed by atoms with Crippen LogP contribution in [0.5, 0.6) is 0 Å². The number of cyclic esters (lactones) is 1. The van der Waals surface area contributed by atoms with E-state index in [1.807, 2.05) is 6.07 Å². The van der Waals surface area contributed by atoms with Crippen LogP contribution in [0.4, 0.5) is 10.5 Å². The van der Waals surface area contributed by atoms with E-state index >= 15 is 0 Å². The number of benzene rings is 1. The summed E-state index contributed by atoms with van der Waals surface area (Å²) in [5.74, 6) is -0.166. The zero-order valence-electron chi connectivity index (χ0n) is 11.0. The van der Waals surface area contributed by atoms with Gasteiger partial charge in [0.15, 0.2) is 0 Å². The van der Waals surface area contributed by atoms with Crippen molar-refractivity contribution in [3.05, 3.63) is 29.8 Å². The van der Waals surface area contributed by atoms with Crippen molar-refractivity contribution in [1.29, 1.82) is 5.26 Å². The zero-order valence-corrected chi connectivity index (χ0v) is 11.0. The summed E-state index contributed by atoms with van der Waals surface area (Å²) in [5.41, 5.74) is 0.949. The third-order valence-corrected chi connectivity index (χ3v) is 3.00. The Kier molecular flexibility index (Phi) is 4.56. The van der Waals surface area contributed by atoms with E-state index in [4.69, 9.17) is 10.00 Å². The maximum absolute atomic E-state index is 11.8. The van der Waals surface area contributed by atoms with Gasteiger partial charge in [-0.1, -0.05) is 12.1 Å². The van der Waals surface area contributed by atoms with Gasteiger partial charge in [-0.05, 0) is 18.6 Å². The Morgan fingerprint density at radius 3 is 2.95 bits per heavy atom. The van der Waals surface area contributed by atoms with Crippen molar-refractivity contribution in [2.45, 2.75) is 12.8 Å². The molecule has 1 N–H and O–H groups in total. The van der Waals surface area contributed by atoms with Gasteiger partial charge in [0.25, 0.3) is 0 Å². The van der Waals surface area contributed by atoms with Crippen LogP contribution < -0.4 is 5.32 Å². The van der Waals surface area contributed by atoms with E-state index in [0.717, 1.165) is 0 Å². The highest BCUT2D eigenvalue weighted by Crippen LogP contribution is 2.14. The molecule has 0 radical (unpaired) electrons. The number of rotatable bonds is 5. The average Bonchev–Trinajstić information content (AvgIpc) is 2.85. The van der Waals surface area contributed by atoms with Crippen LogP contribution >= 0.6 is 0 Å². The lowest BCUT2D eigenvalue weighted by atomic mass is 10.2. The summed E-state index contributed by atoms with van der Waals surface area (Å²) in [6, 6.07) is 8.86. The Hall–Kier alpha value is -2.55. The van der Waals surface area contributed by atoms with Crippen molar-refractivity contribution < 1.29 is 14.3 Å². The van der Waals surface area contributed by atoms with Crippen molar-refractivity contribution >= 4 is 17.7 Å². The number of anilines is 1. The molecule has 0 spiro atoms. The zero-order chi connectivity index (χ0) is 14.4. The maximum Gasteiger partial charge on any atom is 0.409 e. The van der Waals surface area contributed by atoms with Crippen molar-refractivity contribution in [3.8, 4) is 6.07 Å². The number of carbonyl (C=O) groups is 2. The molecule has 1 aliphatic rings. The number of nitrogens with zero attached hydrogens (tertiary/aromatic N) is 2. The highest BCUT2D eigenvalue weighted by atomic mass is 16.6. The van der Waals surface area contributed by atoms with Gasteiger partial charge in [-0.25, -0.2) is 4.79 Å². The van der Waals surface area contributed by atoms with Crippen molar-refractivity contribution in [2.24, 2.45) is 0 Å². The lowest BCUT2D eigenvalue weighted by Crippen LogP contribution is -2.26. The third kappa shape index (κ3) is 3.48. The van der Waals surface area contributed by atoms with Gasteiger partial charge >= 0.3 is 6.09 Å². The van der Waals surface area contributed by atoms with Crippen LogP contribution in [0.3, 0.4) is 0 Å². The largest absolute Gasteiger partial charge is 0.448 e. The fraction of sp³-hybridized carbons (Fsp3) is 0.357. The molecule has 1 heterocycles. The summed E-state index contributed by atoms with van der Waals surface area (Å²) in [4.78, 5) is 24.6. The van der Waals surface area contributed by atoms with Gasteiger partial charge in [0.2, 0.25) is 5.91 Å². The van der Waals surface area contributed by atoms with E-state index in [-0.39, 0.29) is 12.0 Å². The van der Waals surface area contributed by atoms with Crippen molar-refractivity contribution in [2.75, 3.05) is 25.0 Å². The molecule has 1 saturated heterocycles. The van der Waals surface area contributed by atoms with Crippen LogP contribution in [0.25, 0.3) is 0 Å². The molecule has 104 valence electrons. The van der Waals surface area contributed by atoms with Gasteiger partial charge in [0.05, 0.1) is 17.8 Å². The fourth-order valence-electron chi connectivity index (χ4n) is 1.96. The van der Waals surface area contributed by atoms with E-state index in [0.29, 0.717) is 43.8 Å². The molecule has 0 aromatic heterocycles. The Labute approximate surface area is 116 Å². The number of nitriles is 1. The number of amides is 2.